The summed E-state index contributed by atoms with van der Waals surface area (Å²) >= 11 is 2.98. The zero-order valence-corrected chi connectivity index (χ0v) is 12.0. The van der Waals surface area contributed by atoms with Crippen molar-refractivity contribution in [3.63, 3.8) is 0 Å². The van der Waals surface area contributed by atoms with Gasteiger partial charge < -0.3 is 14.1 Å². The van der Waals surface area contributed by atoms with Crippen LogP contribution in [0.5, 0.6) is 0 Å². The molecule has 0 aliphatic rings. The Morgan fingerprint density at radius 3 is 2.55 bits per heavy atom. The first-order valence-electron chi connectivity index (χ1n) is 5.40. The van der Waals surface area contributed by atoms with Crippen molar-refractivity contribution in [1.29, 1.82) is 0 Å². The van der Waals surface area contributed by atoms with E-state index in [1.165, 1.54) is 6.07 Å². The first-order chi connectivity index (χ1) is 9.23. The van der Waals surface area contributed by atoms with E-state index in [9.17, 15) is 22.8 Å². The predicted octanol–water partition coefficient (Wildman–Crippen LogP) is 2.61. The van der Waals surface area contributed by atoms with Crippen molar-refractivity contribution >= 4 is 27.8 Å². The minimum atomic E-state index is -4.42. The zero-order chi connectivity index (χ0) is 15.3. The van der Waals surface area contributed by atoms with Gasteiger partial charge in [0.1, 0.15) is 12.8 Å². The molecule has 1 aromatic rings. The van der Waals surface area contributed by atoms with Crippen molar-refractivity contribution in [2.45, 2.75) is 12.6 Å². The van der Waals surface area contributed by atoms with Crippen molar-refractivity contribution in [2.75, 3.05) is 20.2 Å². The summed E-state index contributed by atoms with van der Waals surface area (Å²) in [6.45, 7) is -1.20. The summed E-state index contributed by atoms with van der Waals surface area (Å²) in [6, 6.07) is 1.31. The third-order valence-electron chi connectivity index (χ3n) is 2.31. The highest BCUT2D eigenvalue weighted by atomic mass is 79.9. The van der Waals surface area contributed by atoms with E-state index in [-0.39, 0.29) is 10.2 Å². The van der Waals surface area contributed by atoms with Gasteiger partial charge in [-0.25, -0.2) is 0 Å². The number of carbonyl (C=O) groups excluding carboxylic acids is 2. The lowest BCUT2D eigenvalue weighted by Crippen LogP contribution is -2.38. The maximum Gasteiger partial charge on any atom is 0.390 e. The molecule has 0 unspecified atom stereocenters. The van der Waals surface area contributed by atoms with E-state index < -0.39 is 37.6 Å². The Bertz CT molecular complexity index is 486. The maximum absolute atomic E-state index is 12.2. The highest BCUT2D eigenvalue weighted by Crippen LogP contribution is 2.21. The molecule has 0 spiro atoms. The van der Waals surface area contributed by atoms with Crippen LogP contribution < -0.4 is 0 Å². The van der Waals surface area contributed by atoms with Crippen LogP contribution in [0.4, 0.5) is 13.2 Å². The molecule has 0 atom stereocenters. The first kappa shape index (κ1) is 16.5. The highest BCUT2D eigenvalue weighted by Gasteiger charge is 2.30. The van der Waals surface area contributed by atoms with Gasteiger partial charge in [-0.15, -0.1) is 0 Å². The van der Waals surface area contributed by atoms with Crippen molar-refractivity contribution in [2.24, 2.45) is 0 Å². The molecule has 0 aliphatic carbocycles. The number of ether oxygens (including phenoxy) is 1. The number of alkyl halides is 3. The van der Waals surface area contributed by atoms with E-state index in [0.29, 0.717) is 0 Å². The zero-order valence-electron chi connectivity index (χ0n) is 10.4. The van der Waals surface area contributed by atoms with E-state index in [4.69, 9.17) is 4.42 Å². The molecular weight excluding hydrogens is 347 g/mol. The topological polar surface area (TPSA) is 59.8 Å². The van der Waals surface area contributed by atoms with Crippen molar-refractivity contribution in [1.82, 2.24) is 4.90 Å². The average Bonchev–Trinajstić information content (AvgIpc) is 2.78. The number of rotatable bonds is 5. The molecule has 1 amide bonds. The minimum Gasteiger partial charge on any atom is -0.468 e. The largest absolute Gasteiger partial charge is 0.468 e. The lowest BCUT2D eigenvalue weighted by atomic mass is 10.2. The van der Waals surface area contributed by atoms with Crippen LogP contribution in [0.25, 0.3) is 0 Å². The van der Waals surface area contributed by atoms with Gasteiger partial charge in [-0.05, 0) is 15.9 Å². The predicted molar refractivity (Wildman–Crippen MR) is 65.0 cm³/mol. The number of nitrogens with zero attached hydrogens (tertiary/aromatic N) is 1. The molecule has 20 heavy (non-hydrogen) atoms. The van der Waals surface area contributed by atoms with Gasteiger partial charge in [0.2, 0.25) is 0 Å². The molecule has 1 heterocycles. The molecule has 0 aromatic carbocycles. The first-order valence-corrected chi connectivity index (χ1v) is 6.19. The molecule has 0 saturated carbocycles. The van der Waals surface area contributed by atoms with Gasteiger partial charge >= 0.3 is 12.1 Å². The van der Waals surface area contributed by atoms with E-state index in [0.717, 1.165) is 18.3 Å². The van der Waals surface area contributed by atoms with Gasteiger partial charge in [0, 0.05) is 12.6 Å². The van der Waals surface area contributed by atoms with Crippen LogP contribution in [0.15, 0.2) is 21.4 Å². The van der Waals surface area contributed by atoms with Crippen LogP contribution >= 0.6 is 15.9 Å². The number of amides is 1. The number of carbonyl (C=O) groups is 2. The molecule has 1 rings (SSSR count). The van der Waals surface area contributed by atoms with Gasteiger partial charge in [0.05, 0.1) is 19.1 Å². The van der Waals surface area contributed by atoms with Crippen molar-refractivity contribution in [3.05, 3.63) is 22.6 Å². The summed E-state index contributed by atoms with van der Waals surface area (Å²) in [5.41, 5.74) is 0.0444. The molecule has 0 fully saturated rings. The quantitative estimate of drug-likeness (QED) is 0.760. The normalized spacial score (nSPS) is 11.2. The van der Waals surface area contributed by atoms with Crippen LogP contribution in [-0.2, 0) is 9.53 Å². The van der Waals surface area contributed by atoms with Crippen molar-refractivity contribution < 1.29 is 31.9 Å². The number of esters is 1. The van der Waals surface area contributed by atoms with Crippen LogP contribution in [0.1, 0.15) is 16.8 Å². The molecule has 0 bridgehead atoms. The second kappa shape index (κ2) is 6.78. The van der Waals surface area contributed by atoms with Gasteiger partial charge in [0.15, 0.2) is 4.67 Å². The number of halogens is 4. The van der Waals surface area contributed by atoms with Gasteiger partial charge in [-0.1, -0.05) is 0 Å². The van der Waals surface area contributed by atoms with Crippen LogP contribution in [0, 0.1) is 0 Å². The molecular formula is C11H11BrF3NO4. The molecule has 9 heteroatoms. The third kappa shape index (κ3) is 5.24. The highest BCUT2D eigenvalue weighted by molar-refractivity contribution is 9.10. The summed E-state index contributed by atoms with van der Waals surface area (Å²) in [6.07, 6.45) is -4.55. The maximum atomic E-state index is 12.2. The molecule has 0 saturated heterocycles. The Kier molecular flexibility index (Phi) is 5.61. The molecule has 5 nitrogen and oxygen atoms in total. The second-order valence-electron chi connectivity index (χ2n) is 3.81. The fraction of sp³-hybridized carbons (Fsp3) is 0.455. The van der Waals surface area contributed by atoms with E-state index in [1.54, 1.807) is 0 Å². The third-order valence-corrected chi connectivity index (χ3v) is 2.73. The van der Waals surface area contributed by atoms with Gasteiger partial charge in [-0.2, -0.15) is 13.2 Å². The summed E-state index contributed by atoms with van der Waals surface area (Å²) < 4.78 is 46.1. The van der Waals surface area contributed by atoms with Gasteiger partial charge in [-0.3, -0.25) is 9.59 Å². The summed E-state index contributed by atoms with van der Waals surface area (Å²) in [5.74, 6) is -1.54. The SMILES string of the molecule is COC(=O)CN(CCC(F)(F)F)C(=O)c1coc(Br)c1. The molecule has 0 N–H and O–H groups in total. The van der Waals surface area contributed by atoms with E-state index in [2.05, 4.69) is 20.7 Å². The van der Waals surface area contributed by atoms with E-state index in [1.807, 2.05) is 0 Å². The van der Waals surface area contributed by atoms with Crippen molar-refractivity contribution in [3.8, 4) is 0 Å². The number of furan rings is 1. The lowest BCUT2D eigenvalue weighted by Gasteiger charge is -2.21. The minimum absolute atomic E-state index is 0.0444. The fourth-order valence-corrected chi connectivity index (χ4v) is 1.68. The molecule has 112 valence electrons. The van der Waals surface area contributed by atoms with Crippen LogP contribution in [0.2, 0.25) is 0 Å². The van der Waals surface area contributed by atoms with Gasteiger partial charge in [0.25, 0.3) is 5.91 Å². The Morgan fingerprint density at radius 2 is 2.10 bits per heavy atom. The number of hydrogen-bond donors (Lipinski definition) is 0. The Morgan fingerprint density at radius 1 is 1.45 bits per heavy atom. The molecule has 1 aromatic heterocycles. The van der Waals surface area contributed by atoms with Crippen LogP contribution in [0.3, 0.4) is 0 Å². The number of methoxy groups -OCH3 is 1. The monoisotopic (exact) mass is 357 g/mol. The Balaban J connectivity index is 2.80. The summed E-state index contributed by atoms with van der Waals surface area (Å²) in [4.78, 5) is 23.9. The molecule has 0 radical (unpaired) electrons. The molecule has 0 aliphatic heterocycles. The standard InChI is InChI=1S/C11H11BrF3NO4/c1-19-9(17)5-16(3-2-11(13,14)15)10(18)7-4-8(12)20-6-7/h4,6H,2-3,5H2,1H3. The lowest BCUT2D eigenvalue weighted by molar-refractivity contribution is -0.145. The van der Waals surface area contributed by atoms with Crippen LogP contribution in [-0.4, -0.2) is 43.2 Å². The average molecular weight is 358 g/mol. The van der Waals surface area contributed by atoms with E-state index >= 15 is 0 Å². The fourth-order valence-electron chi connectivity index (χ4n) is 1.34. The Hall–Kier alpha value is -1.51. The summed E-state index contributed by atoms with van der Waals surface area (Å²) in [7, 11) is 1.09. The Labute approximate surface area is 120 Å². The second-order valence-corrected chi connectivity index (χ2v) is 4.59. The smallest absolute Gasteiger partial charge is 0.390 e. The number of hydrogen-bond acceptors (Lipinski definition) is 4. The summed E-state index contributed by atoms with van der Waals surface area (Å²) in [5, 5.41) is 0.